The second kappa shape index (κ2) is 8.04. The highest BCUT2D eigenvalue weighted by Crippen LogP contribution is 2.28. The van der Waals surface area contributed by atoms with Gasteiger partial charge in [0.25, 0.3) is 0 Å². The van der Waals surface area contributed by atoms with Gasteiger partial charge < -0.3 is 4.90 Å². The average molecular weight is 362 g/mol. The summed E-state index contributed by atoms with van der Waals surface area (Å²) in [5, 5.41) is 1.45. The third-order valence-electron chi connectivity index (χ3n) is 4.63. The van der Waals surface area contributed by atoms with E-state index < -0.39 is 0 Å². The first kappa shape index (κ1) is 17.3. The fourth-order valence-corrected chi connectivity index (χ4v) is 3.52. The molecule has 1 fully saturated rings. The number of benzene rings is 2. The van der Waals surface area contributed by atoms with Crippen LogP contribution < -0.4 is 0 Å². The summed E-state index contributed by atoms with van der Waals surface area (Å²) >= 11 is 11.9. The molecule has 0 aliphatic carbocycles. The molecule has 0 spiro atoms. The molecular formula is C20H21Cl2NO. The van der Waals surface area contributed by atoms with Gasteiger partial charge in [-0.15, -0.1) is 0 Å². The molecule has 0 N–H and O–H groups in total. The van der Waals surface area contributed by atoms with Crippen LogP contribution >= 0.6 is 23.2 Å². The first-order chi connectivity index (χ1) is 11.6. The van der Waals surface area contributed by atoms with Crippen molar-refractivity contribution in [1.29, 1.82) is 0 Å². The van der Waals surface area contributed by atoms with Gasteiger partial charge in [0.1, 0.15) is 0 Å². The Kier molecular flexibility index (Phi) is 5.80. The summed E-state index contributed by atoms with van der Waals surface area (Å²) in [6.07, 6.45) is 3.77. The molecule has 1 aliphatic rings. The van der Waals surface area contributed by atoms with E-state index in [1.807, 2.05) is 41.3 Å². The van der Waals surface area contributed by atoms with Gasteiger partial charge in [0, 0.05) is 29.1 Å². The molecule has 0 saturated carbocycles. The second-order valence-electron chi connectivity index (χ2n) is 6.39. The number of hydrogen-bond acceptors (Lipinski definition) is 1. The lowest BCUT2D eigenvalue weighted by Gasteiger charge is -2.25. The van der Waals surface area contributed by atoms with Gasteiger partial charge in [-0.3, -0.25) is 4.79 Å². The largest absolute Gasteiger partial charge is 0.342 e. The van der Waals surface area contributed by atoms with Gasteiger partial charge in [-0.1, -0.05) is 53.9 Å². The van der Waals surface area contributed by atoms with Crippen LogP contribution in [0.25, 0.3) is 0 Å². The van der Waals surface area contributed by atoms with E-state index in [1.165, 1.54) is 5.56 Å². The highest BCUT2D eigenvalue weighted by atomic mass is 35.5. The minimum Gasteiger partial charge on any atom is -0.342 e. The highest BCUT2D eigenvalue weighted by molar-refractivity contribution is 6.30. The Morgan fingerprint density at radius 3 is 2.25 bits per heavy atom. The van der Waals surface area contributed by atoms with E-state index in [-0.39, 0.29) is 5.91 Å². The van der Waals surface area contributed by atoms with E-state index >= 15 is 0 Å². The second-order valence-corrected chi connectivity index (χ2v) is 7.26. The average Bonchev–Trinajstić information content (AvgIpc) is 2.84. The van der Waals surface area contributed by atoms with Crippen molar-refractivity contribution in [3.8, 4) is 0 Å². The van der Waals surface area contributed by atoms with Crippen molar-refractivity contribution in [2.45, 2.75) is 31.6 Å². The predicted molar refractivity (Wildman–Crippen MR) is 99.8 cm³/mol. The highest BCUT2D eigenvalue weighted by Gasteiger charge is 2.23. The molecule has 0 aromatic heterocycles. The summed E-state index contributed by atoms with van der Waals surface area (Å²) in [5.41, 5.74) is 2.28. The lowest BCUT2D eigenvalue weighted by molar-refractivity contribution is -0.130. The van der Waals surface area contributed by atoms with Crippen LogP contribution in [0.4, 0.5) is 0 Å². The van der Waals surface area contributed by atoms with Crippen LogP contribution in [0.5, 0.6) is 0 Å². The number of likely N-dealkylation sites (tertiary alicyclic amines) is 1. The van der Waals surface area contributed by atoms with E-state index in [1.54, 1.807) is 0 Å². The third-order valence-corrected chi connectivity index (χ3v) is 5.14. The zero-order valence-corrected chi connectivity index (χ0v) is 15.1. The molecule has 2 aromatic carbocycles. The molecule has 1 unspecified atom stereocenters. The maximum atomic E-state index is 12.7. The topological polar surface area (TPSA) is 20.3 Å². The van der Waals surface area contributed by atoms with Gasteiger partial charge in [-0.05, 0) is 48.2 Å². The number of carbonyl (C=O) groups excluding carboxylic acids is 1. The van der Waals surface area contributed by atoms with Crippen LogP contribution in [0, 0.1) is 0 Å². The van der Waals surface area contributed by atoms with Gasteiger partial charge in [0.2, 0.25) is 5.91 Å². The fraction of sp³-hybridized carbons (Fsp3) is 0.350. The SMILES string of the molecule is O=C(Cc1ccc(Cl)cc1)N1CCCCC(c2ccc(Cl)cc2)C1. The number of halogens is 2. The monoisotopic (exact) mass is 361 g/mol. The Hall–Kier alpha value is -1.51. The number of carbonyl (C=O) groups is 1. The molecule has 4 heteroatoms. The van der Waals surface area contributed by atoms with Crippen molar-refractivity contribution in [1.82, 2.24) is 4.90 Å². The molecule has 3 rings (SSSR count). The third kappa shape index (κ3) is 4.52. The van der Waals surface area contributed by atoms with E-state index in [9.17, 15) is 4.79 Å². The Morgan fingerprint density at radius 2 is 1.58 bits per heavy atom. The maximum Gasteiger partial charge on any atom is 0.227 e. The summed E-state index contributed by atoms with van der Waals surface area (Å²) in [4.78, 5) is 14.7. The van der Waals surface area contributed by atoms with Crippen LogP contribution in [-0.4, -0.2) is 23.9 Å². The summed E-state index contributed by atoms with van der Waals surface area (Å²) in [6.45, 7) is 1.63. The Balaban J connectivity index is 1.68. The van der Waals surface area contributed by atoms with Gasteiger partial charge >= 0.3 is 0 Å². The van der Waals surface area contributed by atoms with Crippen molar-refractivity contribution in [3.63, 3.8) is 0 Å². The molecule has 0 radical (unpaired) electrons. The summed E-state index contributed by atoms with van der Waals surface area (Å²) < 4.78 is 0. The Bertz CT molecular complexity index is 682. The molecule has 1 saturated heterocycles. The standard InChI is InChI=1S/C20H21Cl2NO/c21-18-8-4-15(5-9-18)13-20(24)23-12-2-1-3-17(14-23)16-6-10-19(22)11-7-16/h4-11,17H,1-3,12-14H2. The van der Waals surface area contributed by atoms with Gasteiger partial charge in [-0.25, -0.2) is 0 Å². The van der Waals surface area contributed by atoms with Crippen LogP contribution in [-0.2, 0) is 11.2 Å². The van der Waals surface area contributed by atoms with Crippen LogP contribution in [0.15, 0.2) is 48.5 Å². The van der Waals surface area contributed by atoms with Crippen LogP contribution in [0.1, 0.15) is 36.3 Å². The first-order valence-corrected chi connectivity index (χ1v) is 9.15. The minimum atomic E-state index is 0.193. The number of rotatable bonds is 3. The first-order valence-electron chi connectivity index (χ1n) is 8.39. The normalized spacial score (nSPS) is 18.2. The quantitative estimate of drug-likeness (QED) is 0.723. The predicted octanol–water partition coefficient (Wildman–Crippen LogP) is 5.33. The molecule has 1 heterocycles. The molecule has 24 heavy (non-hydrogen) atoms. The molecule has 0 bridgehead atoms. The number of amides is 1. The summed E-state index contributed by atoms with van der Waals surface area (Å²) in [7, 11) is 0. The van der Waals surface area contributed by atoms with Crippen LogP contribution in [0.3, 0.4) is 0 Å². The minimum absolute atomic E-state index is 0.193. The van der Waals surface area contributed by atoms with E-state index in [0.717, 1.165) is 42.9 Å². The van der Waals surface area contributed by atoms with Gasteiger partial charge in [0.05, 0.1) is 6.42 Å². The maximum absolute atomic E-state index is 12.7. The van der Waals surface area contributed by atoms with Crippen molar-refractivity contribution in [2.75, 3.05) is 13.1 Å². The zero-order valence-electron chi connectivity index (χ0n) is 13.6. The fourth-order valence-electron chi connectivity index (χ4n) is 3.26. The molecule has 1 aliphatic heterocycles. The Labute approximate surface area is 153 Å². The lowest BCUT2D eigenvalue weighted by atomic mass is 9.94. The molecule has 126 valence electrons. The van der Waals surface area contributed by atoms with Gasteiger partial charge in [-0.2, -0.15) is 0 Å². The smallest absolute Gasteiger partial charge is 0.227 e. The number of nitrogens with zero attached hydrogens (tertiary/aromatic N) is 1. The van der Waals surface area contributed by atoms with E-state index in [4.69, 9.17) is 23.2 Å². The summed E-state index contributed by atoms with van der Waals surface area (Å²) in [6, 6.07) is 15.6. The van der Waals surface area contributed by atoms with E-state index in [0.29, 0.717) is 17.4 Å². The Morgan fingerprint density at radius 1 is 0.958 bits per heavy atom. The molecule has 2 aromatic rings. The van der Waals surface area contributed by atoms with Crippen molar-refractivity contribution >= 4 is 29.1 Å². The van der Waals surface area contributed by atoms with Crippen molar-refractivity contribution in [2.24, 2.45) is 0 Å². The lowest BCUT2D eigenvalue weighted by Crippen LogP contribution is -2.35. The molecule has 1 atom stereocenters. The molecule has 2 nitrogen and oxygen atoms in total. The van der Waals surface area contributed by atoms with Crippen molar-refractivity contribution in [3.05, 3.63) is 69.7 Å². The van der Waals surface area contributed by atoms with Gasteiger partial charge in [0.15, 0.2) is 0 Å². The van der Waals surface area contributed by atoms with Crippen molar-refractivity contribution < 1.29 is 4.79 Å². The summed E-state index contributed by atoms with van der Waals surface area (Å²) in [5.74, 6) is 0.581. The zero-order chi connectivity index (χ0) is 16.9. The molecular weight excluding hydrogens is 341 g/mol. The van der Waals surface area contributed by atoms with E-state index in [2.05, 4.69) is 12.1 Å². The van der Waals surface area contributed by atoms with Crippen LogP contribution in [0.2, 0.25) is 10.0 Å². The molecule has 1 amide bonds. The number of hydrogen-bond donors (Lipinski definition) is 0.